The number of hydrogen-bond donors (Lipinski definition) is 0. The second-order valence-corrected chi connectivity index (χ2v) is 6.84. The van der Waals surface area contributed by atoms with Crippen molar-refractivity contribution in [2.45, 2.75) is 13.0 Å². The van der Waals surface area contributed by atoms with Crippen molar-refractivity contribution in [3.05, 3.63) is 65.5 Å². The van der Waals surface area contributed by atoms with E-state index in [-0.39, 0.29) is 6.04 Å². The van der Waals surface area contributed by atoms with Crippen molar-refractivity contribution in [3.8, 4) is 5.69 Å². The zero-order valence-corrected chi connectivity index (χ0v) is 15.3. The largest absolute Gasteiger partial charge is 0.261 e. The molecule has 5 aromatic rings. The number of halogens is 1. The normalized spacial score (nSPS) is 12.8. The molecule has 0 aliphatic carbocycles. The van der Waals surface area contributed by atoms with Gasteiger partial charge in [0, 0.05) is 6.20 Å². The highest BCUT2D eigenvalue weighted by molar-refractivity contribution is 9.10. The highest BCUT2D eigenvalue weighted by atomic mass is 79.9. The summed E-state index contributed by atoms with van der Waals surface area (Å²) >= 11 is 3.41. The number of nitrogens with zero attached hydrogens (tertiary/aromatic N) is 8. The average molecular weight is 409 g/mol. The van der Waals surface area contributed by atoms with Gasteiger partial charge in [-0.3, -0.25) is 4.68 Å². The van der Waals surface area contributed by atoms with Crippen molar-refractivity contribution >= 4 is 32.6 Å². The average Bonchev–Trinajstić information content (AvgIpc) is 3.38. The van der Waals surface area contributed by atoms with Crippen LogP contribution in [0.5, 0.6) is 0 Å². The molecule has 4 heterocycles. The molecule has 5 rings (SSSR count). The summed E-state index contributed by atoms with van der Waals surface area (Å²) in [5.74, 6) is 0.669. The first kappa shape index (κ1) is 15.2. The first-order valence-corrected chi connectivity index (χ1v) is 8.84. The highest BCUT2D eigenvalue weighted by Crippen LogP contribution is 2.22. The quantitative estimate of drug-likeness (QED) is 0.458. The van der Waals surface area contributed by atoms with Gasteiger partial charge in [0.1, 0.15) is 12.4 Å². The molecule has 0 N–H and O–H groups in total. The van der Waals surface area contributed by atoms with Crippen molar-refractivity contribution in [1.82, 2.24) is 39.1 Å². The van der Waals surface area contributed by atoms with Gasteiger partial charge in [0.05, 0.1) is 27.9 Å². The van der Waals surface area contributed by atoms with Gasteiger partial charge in [0.25, 0.3) is 0 Å². The lowest BCUT2D eigenvalue weighted by Gasteiger charge is -2.06. The summed E-state index contributed by atoms with van der Waals surface area (Å²) in [5, 5.41) is 14.2. The summed E-state index contributed by atoms with van der Waals surface area (Å²) in [7, 11) is 0. The molecule has 26 heavy (non-hydrogen) atoms. The number of fused-ring (bicyclic) bond motifs is 3. The molecule has 0 saturated heterocycles. The van der Waals surface area contributed by atoms with Crippen molar-refractivity contribution in [2.75, 3.05) is 0 Å². The van der Waals surface area contributed by atoms with Crippen molar-refractivity contribution in [3.63, 3.8) is 0 Å². The van der Waals surface area contributed by atoms with Crippen LogP contribution in [0.2, 0.25) is 0 Å². The van der Waals surface area contributed by atoms with Gasteiger partial charge >= 0.3 is 0 Å². The number of aromatic nitrogens is 8. The summed E-state index contributed by atoms with van der Waals surface area (Å²) in [4.78, 5) is 9.24. The van der Waals surface area contributed by atoms with Crippen LogP contribution in [0.15, 0.2) is 59.7 Å². The molecular weight excluding hydrogens is 396 g/mol. The second-order valence-electron chi connectivity index (χ2n) is 5.93. The van der Waals surface area contributed by atoms with Crippen molar-refractivity contribution in [1.29, 1.82) is 0 Å². The van der Waals surface area contributed by atoms with E-state index >= 15 is 0 Å². The molecule has 0 radical (unpaired) electrons. The lowest BCUT2D eigenvalue weighted by molar-refractivity contribution is 0.536. The standard InChI is InChI=1S/C17H13BrN8/c1-11(24-9-12(18)7-20-24)15-22-17-14-8-21-26(13-5-3-2-4-6-13)16(14)19-10-25(17)23-15/h2-11H,1H3. The Morgan fingerprint density at radius 1 is 1.04 bits per heavy atom. The fourth-order valence-corrected chi connectivity index (χ4v) is 3.22. The van der Waals surface area contributed by atoms with Crippen LogP contribution in [0.4, 0.5) is 0 Å². The van der Waals surface area contributed by atoms with Crippen LogP contribution in [0.3, 0.4) is 0 Å². The van der Waals surface area contributed by atoms with Crippen LogP contribution in [-0.2, 0) is 0 Å². The molecule has 0 saturated carbocycles. The SMILES string of the molecule is CC(c1nc2c3cnn(-c4ccccc4)c3ncn2n1)n1cc(Br)cn1. The molecule has 0 spiro atoms. The number of rotatable bonds is 3. The Bertz CT molecular complexity index is 1220. The third-order valence-corrected chi connectivity index (χ3v) is 4.67. The molecule has 0 bridgehead atoms. The minimum atomic E-state index is -0.0968. The predicted molar refractivity (Wildman–Crippen MR) is 99.2 cm³/mol. The predicted octanol–water partition coefficient (Wildman–Crippen LogP) is 3.03. The van der Waals surface area contributed by atoms with E-state index < -0.39 is 0 Å². The van der Waals surface area contributed by atoms with E-state index in [2.05, 4.69) is 36.2 Å². The molecule has 1 atom stereocenters. The Morgan fingerprint density at radius 2 is 1.88 bits per heavy atom. The summed E-state index contributed by atoms with van der Waals surface area (Å²) in [6, 6.07) is 9.80. The molecule has 0 aliphatic rings. The maximum atomic E-state index is 4.72. The summed E-state index contributed by atoms with van der Waals surface area (Å²) in [5.41, 5.74) is 2.43. The van der Waals surface area contributed by atoms with Crippen molar-refractivity contribution < 1.29 is 0 Å². The van der Waals surface area contributed by atoms with Gasteiger partial charge in [-0.15, -0.1) is 5.10 Å². The van der Waals surface area contributed by atoms with E-state index in [1.807, 2.05) is 48.1 Å². The molecule has 1 aromatic carbocycles. The highest BCUT2D eigenvalue weighted by Gasteiger charge is 2.18. The monoisotopic (exact) mass is 408 g/mol. The lowest BCUT2D eigenvalue weighted by atomic mass is 10.3. The van der Waals surface area contributed by atoms with Crippen LogP contribution in [0.1, 0.15) is 18.8 Å². The van der Waals surface area contributed by atoms with Gasteiger partial charge < -0.3 is 0 Å². The van der Waals surface area contributed by atoms with Crippen LogP contribution in [0, 0.1) is 0 Å². The topological polar surface area (TPSA) is 78.7 Å². The van der Waals surface area contributed by atoms with E-state index in [1.165, 1.54) is 0 Å². The molecule has 0 aliphatic heterocycles. The van der Waals surface area contributed by atoms with Gasteiger partial charge in [0.2, 0.25) is 0 Å². The second kappa shape index (κ2) is 5.73. The molecule has 0 amide bonds. The van der Waals surface area contributed by atoms with Crippen LogP contribution >= 0.6 is 15.9 Å². The van der Waals surface area contributed by atoms with E-state index in [4.69, 9.17) is 4.98 Å². The summed E-state index contributed by atoms with van der Waals surface area (Å²) in [6.07, 6.45) is 7.09. The first-order chi connectivity index (χ1) is 12.7. The van der Waals surface area contributed by atoms with Crippen LogP contribution < -0.4 is 0 Å². The maximum absolute atomic E-state index is 4.72. The Balaban J connectivity index is 1.65. The van der Waals surface area contributed by atoms with Crippen molar-refractivity contribution in [2.24, 2.45) is 0 Å². The Hall–Kier alpha value is -3.07. The number of hydrogen-bond acceptors (Lipinski definition) is 5. The molecule has 4 aromatic heterocycles. The van der Waals surface area contributed by atoms with Gasteiger partial charge in [-0.1, -0.05) is 18.2 Å². The van der Waals surface area contributed by atoms with Gasteiger partial charge in [-0.2, -0.15) is 10.2 Å². The molecule has 1 unspecified atom stereocenters. The van der Waals surface area contributed by atoms with Gasteiger partial charge in [-0.05, 0) is 35.0 Å². The lowest BCUT2D eigenvalue weighted by Crippen LogP contribution is -2.09. The van der Waals surface area contributed by atoms with Gasteiger partial charge in [0.15, 0.2) is 17.1 Å². The van der Waals surface area contributed by atoms with E-state index in [0.29, 0.717) is 5.82 Å². The molecule has 9 heteroatoms. The molecule has 8 nitrogen and oxygen atoms in total. The third kappa shape index (κ3) is 2.31. The van der Waals surface area contributed by atoms with Crippen LogP contribution in [0.25, 0.3) is 22.4 Å². The Labute approximate surface area is 156 Å². The molecule has 0 fully saturated rings. The number of para-hydroxylation sites is 1. The summed E-state index contributed by atoms with van der Waals surface area (Å²) in [6.45, 7) is 2.01. The minimum Gasteiger partial charge on any atom is -0.261 e. The van der Waals surface area contributed by atoms with E-state index in [1.54, 1.807) is 27.9 Å². The maximum Gasteiger partial charge on any atom is 0.176 e. The van der Waals surface area contributed by atoms with E-state index in [0.717, 1.165) is 26.8 Å². The fraction of sp³-hybridized carbons (Fsp3) is 0.118. The Morgan fingerprint density at radius 3 is 2.65 bits per heavy atom. The zero-order valence-electron chi connectivity index (χ0n) is 13.7. The van der Waals surface area contributed by atoms with Gasteiger partial charge in [-0.25, -0.2) is 19.2 Å². The summed E-state index contributed by atoms with van der Waals surface area (Å²) < 4.78 is 6.22. The molecule has 128 valence electrons. The Kier molecular flexibility index (Phi) is 3.35. The van der Waals surface area contributed by atoms with E-state index in [9.17, 15) is 0 Å². The molecular formula is C17H13BrN8. The minimum absolute atomic E-state index is 0.0968. The fourth-order valence-electron chi connectivity index (χ4n) is 2.92. The smallest absolute Gasteiger partial charge is 0.176 e. The number of benzene rings is 1. The van der Waals surface area contributed by atoms with Crippen LogP contribution in [-0.4, -0.2) is 39.1 Å². The zero-order chi connectivity index (χ0) is 17.7. The first-order valence-electron chi connectivity index (χ1n) is 8.05. The third-order valence-electron chi connectivity index (χ3n) is 4.26.